The molecule has 1 atom stereocenters. The van der Waals surface area contributed by atoms with E-state index < -0.39 is 15.6 Å². The van der Waals surface area contributed by atoms with Gasteiger partial charge in [-0.1, -0.05) is 36.4 Å². The number of hydrogen-bond donors (Lipinski definition) is 2. The summed E-state index contributed by atoms with van der Waals surface area (Å²) in [5.74, 6) is -0.208. The van der Waals surface area contributed by atoms with E-state index in [0.29, 0.717) is 29.9 Å². The number of nitrogens with two attached hydrogens (primary N) is 1. The number of nitrogens with zero attached hydrogens (tertiary/aromatic N) is 1. The van der Waals surface area contributed by atoms with E-state index in [1.807, 2.05) is 25.1 Å². The number of carbonyl (C=O) groups excluding carboxylic acids is 1. The number of rotatable bonds is 4. The van der Waals surface area contributed by atoms with Gasteiger partial charge in [-0.15, -0.1) is 0 Å². The Labute approximate surface area is 154 Å². The lowest BCUT2D eigenvalue weighted by atomic mass is 9.92. The second-order valence-corrected chi connectivity index (χ2v) is 8.78. The Bertz CT molecular complexity index is 924. The molecule has 0 aromatic heterocycles. The van der Waals surface area contributed by atoms with Crippen LogP contribution in [-0.4, -0.2) is 26.6 Å². The summed E-state index contributed by atoms with van der Waals surface area (Å²) in [5.41, 5.74) is 7.70. The van der Waals surface area contributed by atoms with E-state index in [9.17, 15) is 13.2 Å². The molecule has 1 aliphatic heterocycles. The average Bonchev–Trinajstić information content (AvgIpc) is 2.96. The van der Waals surface area contributed by atoms with Crippen molar-refractivity contribution in [2.45, 2.75) is 25.8 Å². The van der Waals surface area contributed by atoms with Gasteiger partial charge in [0.1, 0.15) is 5.54 Å². The van der Waals surface area contributed by atoms with E-state index in [2.05, 4.69) is 5.32 Å². The fourth-order valence-corrected chi connectivity index (χ4v) is 4.66. The second kappa shape index (κ2) is 6.74. The number of aryl methyl sites for hydroxylation is 1. The van der Waals surface area contributed by atoms with Crippen molar-refractivity contribution in [1.82, 2.24) is 0 Å². The van der Waals surface area contributed by atoms with E-state index in [4.69, 9.17) is 5.73 Å². The summed E-state index contributed by atoms with van der Waals surface area (Å²) in [6, 6.07) is 14.4. The van der Waals surface area contributed by atoms with Gasteiger partial charge in [-0.25, -0.2) is 8.42 Å². The Kier molecular flexibility index (Phi) is 4.77. The van der Waals surface area contributed by atoms with Crippen LogP contribution in [0.15, 0.2) is 48.5 Å². The first-order chi connectivity index (χ1) is 12.2. The van der Waals surface area contributed by atoms with Crippen LogP contribution in [0.2, 0.25) is 0 Å². The van der Waals surface area contributed by atoms with Crippen molar-refractivity contribution >= 4 is 27.3 Å². The predicted octanol–water partition coefficient (Wildman–Crippen LogP) is 2.35. The van der Waals surface area contributed by atoms with Crippen LogP contribution in [0.4, 0.5) is 11.4 Å². The zero-order valence-corrected chi connectivity index (χ0v) is 15.7. The van der Waals surface area contributed by atoms with Crippen LogP contribution in [0.25, 0.3) is 0 Å². The Morgan fingerprint density at radius 1 is 1.19 bits per heavy atom. The molecule has 1 amide bonds. The predicted molar refractivity (Wildman–Crippen MR) is 104 cm³/mol. The van der Waals surface area contributed by atoms with Gasteiger partial charge in [0.15, 0.2) is 0 Å². The van der Waals surface area contributed by atoms with Crippen molar-refractivity contribution < 1.29 is 13.2 Å². The number of carbonyl (C=O) groups is 1. The first kappa shape index (κ1) is 18.4. The fraction of sp³-hybridized carbons (Fsp3) is 0.316. The molecular formula is C19H23N3O3S. The molecule has 138 valence electrons. The molecule has 2 aromatic rings. The maximum atomic E-state index is 12.7. The maximum Gasteiger partial charge on any atom is 0.248 e. The summed E-state index contributed by atoms with van der Waals surface area (Å²) >= 11 is 0. The number of amides is 1. The van der Waals surface area contributed by atoms with Crippen molar-refractivity contribution in [2.24, 2.45) is 5.73 Å². The Morgan fingerprint density at radius 2 is 1.88 bits per heavy atom. The molecule has 0 spiro atoms. The summed E-state index contributed by atoms with van der Waals surface area (Å²) in [4.78, 5) is 12.7. The molecule has 2 aromatic carbocycles. The normalized spacial score (nSPS) is 18.3. The van der Waals surface area contributed by atoms with E-state index in [1.165, 1.54) is 4.31 Å². The lowest BCUT2D eigenvalue weighted by Crippen LogP contribution is -2.45. The van der Waals surface area contributed by atoms with Gasteiger partial charge in [0.25, 0.3) is 0 Å². The van der Waals surface area contributed by atoms with Crippen LogP contribution in [0, 0.1) is 6.92 Å². The standard InChI is InChI=1S/C19H23N3O3S/c1-14-9-10-16(13-17(14)22-11-6-12-26(22,24)25)21-18(23)19(2,20)15-7-4-3-5-8-15/h3-5,7-10,13H,6,11-12,20H2,1-2H3,(H,21,23). The van der Waals surface area contributed by atoms with Crippen LogP contribution in [0.1, 0.15) is 24.5 Å². The summed E-state index contributed by atoms with van der Waals surface area (Å²) in [6.07, 6.45) is 0.604. The minimum Gasteiger partial charge on any atom is -0.324 e. The quantitative estimate of drug-likeness (QED) is 0.860. The van der Waals surface area contributed by atoms with E-state index >= 15 is 0 Å². The minimum absolute atomic E-state index is 0.151. The topological polar surface area (TPSA) is 92.5 Å². The lowest BCUT2D eigenvalue weighted by molar-refractivity contribution is -0.120. The van der Waals surface area contributed by atoms with Crippen LogP contribution < -0.4 is 15.4 Å². The second-order valence-electron chi connectivity index (χ2n) is 6.77. The first-order valence-corrected chi connectivity index (χ1v) is 10.1. The number of anilines is 2. The summed E-state index contributed by atoms with van der Waals surface area (Å²) in [6.45, 7) is 3.96. The minimum atomic E-state index is -3.28. The van der Waals surface area contributed by atoms with Gasteiger partial charge < -0.3 is 11.1 Å². The van der Waals surface area contributed by atoms with Crippen LogP contribution in [-0.2, 0) is 20.4 Å². The monoisotopic (exact) mass is 373 g/mol. The van der Waals surface area contributed by atoms with Crippen molar-refractivity contribution in [3.63, 3.8) is 0 Å². The van der Waals surface area contributed by atoms with Crippen molar-refractivity contribution in [3.8, 4) is 0 Å². The van der Waals surface area contributed by atoms with Gasteiger partial charge in [-0.3, -0.25) is 9.10 Å². The van der Waals surface area contributed by atoms with Crippen LogP contribution >= 0.6 is 0 Å². The molecule has 1 unspecified atom stereocenters. The maximum absolute atomic E-state index is 12.7. The molecule has 0 saturated carbocycles. The smallest absolute Gasteiger partial charge is 0.248 e. The Balaban J connectivity index is 1.87. The molecular weight excluding hydrogens is 350 g/mol. The highest BCUT2D eigenvalue weighted by molar-refractivity contribution is 7.93. The highest BCUT2D eigenvalue weighted by Gasteiger charge is 2.32. The lowest BCUT2D eigenvalue weighted by Gasteiger charge is -2.25. The van der Waals surface area contributed by atoms with Gasteiger partial charge in [0, 0.05) is 12.2 Å². The molecule has 7 heteroatoms. The highest BCUT2D eigenvalue weighted by Crippen LogP contribution is 2.30. The zero-order valence-electron chi connectivity index (χ0n) is 14.9. The third-order valence-corrected chi connectivity index (χ3v) is 6.54. The van der Waals surface area contributed by atoms with Crippen molar-refractivity contribution in [2.75, 3.05) is 21.9 Å². The molecule has 1 fully saturated rings. The van der Waals surface area contributed by atoms with Gasteiger partial charge in [0.2, 0.25) is 15.9 Å². The SMILES string of the molecule is Cc1ccc(NC(=O)C(C)(N)c2ccccc2)cc1N1CCCS1(=O)=O. The van der Waals surface area contributed by atoms with Crippen molar-refractivity contribution in [3.05, 3.63) is 59.7 Å². The molecule has 3 rings (SSSR count). The number of benzene rings is 2. The van der Waals surface area contributed by atoms with E-state index in [1.54, 1.807) is 37.3 Å². The molecule has 0 bridgehead atoms. The van der Waals surface area contributed by atoms with Gasteiger partial charge in [-0.2, -0.15) is 0 Å². The summed E-state index contributed by atoms with van der Waals surface area (Å²) in [5, 5.41) is 2.81. The number of sulfonamides is 1. The molecule has 26 heavy (non-hydrogen) atoms. The molecule has 0 aliphatic carbocycles. The average molecular weight is 373 g/mol. The van der Waals surface area contributed by atoms with E-state index in [0.717, 1.165) is 5.56 Å². The number of hydrogen-bond acceptors (Lipinski definition) is 4. The summed E-state index contributed by atoms with van der Waals surface area (Å²) in [7, 11) is -3.28. The van der Waals surface area contributed by atoms with Gasteiger partial charge in [0.05, 0.1) is 11.4 Å². The van der Waals surface area contributed by atoms with Gasteiger partial charge in [-0.05, 0) is 43.5 Å². The highest BCUT2D eigenvalue weighted by atomic mass is 32.2. The van der Waals surface area contributed by atoms with Crippen molar-refractivity contribution in [1.29, 1.82) is 0 Å². The van der Waals surface area contributed by atoms with E-state index in [-0.39, 0.29) is 11.7 Å². The zero-order chi connectivity index (χ0) is 18.9. The molecule has 1 saturated heterocycles. The molecule has 1 aliphatic rings. The Morgan fingerprint density at radius 3 is 2.50 bits per heavy atom. The molecule has 1 heterocycles. The number of nitrogens with one attached hydrogen (secondary N) is 1. The Hall–Kier alpha value is -2.38. The van der Waals surface area contributed by atoms with Crippen LogP contribution in [0.3, 0.4) is 0 Å². The molecule has 0 radical (unpaired) electrons. The largest absolute Gasteiger partial charge is 0.324 e. The molecule has 3 N–H and O–H groups in total. The van der Waals surface area contributed by atoms with Crippen LogP contribution in [0.5, 0.6) is 0 Å². The summed E-state index contributed by atoms with van der Waals surface area (Å²) < 4.78 is 25.8. The van der Waals surface area contributed by atoms with Gasteiger partial charge >= 0.3 is 0 Å². The molecule has 6 nitrogen and oxygen atoms in total. The first-order valence-electron chi connectivity index (χ1n) is 8.49. The third kappa shape index (κ3) is 3.45. The third-order valence-electron chi connectivity index (χ3n) is 4.68. The fourth-order valence-electron chi connectivity index (χ4n) is 3.04.